The Kier molecular flexibility index (Phi) is 2.37. The SMILES string of the molecule is COC(=O)c1cncc2cccc(C)c12. The molecule has 1 aromatic heterocycles. The van der Waals surface area contributed by atoms with Gasteiger partial charge in [-0.2, -0.15) is 0 Å². The Morgan fingerprint density at radius 1 is 1.33 bits per heavy atom. The molecule has 15 heavy (non-hydrogen) atoms. The molecule has 0 radical (unpaired) electrons. The highest BCUT2D eigenvalue weighted by Crippen LogP contribution is 2.21. The summed E-state index contributed by atoms with van der Waals surface area (Å²) in [6.07, 6.45) is 3.29. The Labute approximate surface area is 87.7 Å². The van der Waals surface area contributed by atoms with E-state index in [-0.39, 0.29) is 5.97 Å². The number of rotatable bonds is 1. The largest absolute Gasteiger partial charge is 0.465 e. The minimum Gasteiger partial charge on any atom is -0.465 e. The quantitative estimate of drug-likeness (QED) is 0.665. The normalized spacial score (nSPS) is 10.3. The van der Waals surface area contributed by atoms with Gasteiger partial charge in [0, 0.05) is 23.2 Å². The predicted molar refractivity (Wildman–Crippen MR) is 57.8 cm³/mol. The van der Waals surface area contributed by atoms with Crippen LogP contribution in [0.1, 0.15) is 15.9 Å². The van der Waals surface area contributed by atoms with Crippen molar-refractivity contribution in [1.82, 2.24) is 4.98 Å². The van der Waals surface area contributed by atoms with E-state index < -0.39 is 0 Å². The molecule has 1 aromatic carbocycles. The van der Waals surface area contributed by atoms with Gasteiger partial charge in [0.2, 0.25) is 0 Å². The number of ether oxygens (including phenoxy) is 1. The fraction of sp³-hybridized carbons (Fsp3) is 0.167. The number of fused-ring (bicyclic) bond motifs is 1. The number of esters is 1. The molecule has 0 bridgehead atoms. The molecule has 0 aliphatic heterocycles. The first-order valence-corrected chi connectivity index (χ1v) is 4.65. The Morgan fingerprint density at radius 2 is 2.13 bits per heavy atom. The highest BCUT2D eigenvalue weighted by molar-refractivity contribution is 6.05. The maximum absolute atomic E-state index is 11.5. The van der Waals surface area contributed by atoms with Gasteiger partial charge in [0.15, 0.2) is 0 Å². The van der Waals surface area contributed by atoms with E-state index in [1.54, 1.807) is 12.4 Å². The van der Waals surface area contributed by atoms with Gasteiger partial charge in [-0.05, 0) is 12.5 Å². The third kappa shape index (κ3) is 1.56. The van der Waals surface area contributed by atoms with E-state index in [0.29, 0.717) is 5.56 Å². The van der Waals surface area contributed by atoms with Gasteiger partial charge in [-0.3, -0.25) is 4.98 Å². The van der Waals surface area contributed by atoms with Crippen molar-refractivity contribution in [2.24, 2.45) is 0 Å². The van der Waals surface area contributed by atoms with Crippen molar-refractivity contribution in [2.75, 3.05) is 7.11 Å². The van der Waals surface area contributed by atoms with E-state index in [2.05, 4.69) is 4.98 Å². The molecule has 76 valence electrons. The molecule has 0 saturated carbocycles. The van der Waals surface area contributed by atoms with Crippen LogP contribution >= 0.6 is 0 Å². The lowest BCUT2D eigenvalue weighted by Gasteiger charge is -2.06. The zero-order valence-electron chi connectivity index (χ0n) is 8.65. The van der Waals surface area contributed by atoms with Crippen LogP contribution < -0.4 is 0 Å². The smallest absolute Gasteiger partial charge is 0.340 e. The molecule has 0 aliphatic rings. The lowest BCUT2D eigenvalue weighted by atomic mass is 10.0. The summed E-state index contributed by atoms with van der Waals surface area (Å²) < 4.78 is 4.72. The lowest BCUT2D eigenvalue weighted by Crippen LogP contribution is -2.03. The summed E-state index contributed by atoms with van der Waals surface area (Å²) in [6.45, 7) is 1.97. The average molecular weight is 201 g/mol. The van der Waals surface area contributed by atoms with Crippen LogP contribution in [0.3, 0.4) is 0 Å². The van der Waals surface area contributed by atoms with Gasteiger partial charge < -0.3 is 4.74 Å². The van der Waals surface area contributed by atoms with Crippen LogP contribution in [0.2, 0.25) is 0 Å². The molecule has 0 saturated heterocycles. The summed E-state index contributed by atoms with van der Waals surface area (Å²) in [7, 11) is 1.37. The van der Waals surface area contributed by atoms with Crippen LogP contribution in [0, 0.1) is 6.92 Å². The zero-order chi connectivity index (χ0) is 10.8. The van der Waals surface area contributed by atoms with Gasteiger partial charge in [0.1, 0.15) is 0 Å². The molecule has 0 amide bonds. The molecule has 2 rings (SSSR count). The van der Waals surface area contributed by atoms with Crippen LogP contribution in [-0.4, -0.2) is 18.1 Å². The molecule has 2 aromatic rings. The maximum Gasteiger partial charge on any atom is 0.340 e. The Balaban J connectivity index is 2.80. The van der Waals surface area contributed by atoms with Crippen LogP contribution in [0.15, 0.2) is 30.6 Å². The molecule has 0 fully saturated rings. The maximum atomic E-state index is 11.5. The van der Waals surface area contributed by atoms with Gasteiger partial charge in [0.05, 0.1) is 12.7 Å². The molecule has 0 atom stereocenters. The van der Waals surface area contributed by atoms with Crippen molar-refractivity contribution < 1.29 is 9.53 Å². The van der Waals surface area contributed by atoms with Crippen molar-refractivity contribution in [3.63, 3.8) is 0 Å². The summed E-state index contributed by atoms with van der Waals surface area (Å²) in [5, 5.41) is 1.87. The number of benzene rings is 1. The molecule has 1 heterocycles. The third-order valence-electron chi connectivity index (χ3n) is 2.40. The van der Waals surface area contributed by atoms with E-state index in [4.69, 9.17) is 4.74 Å². The van der Waals surface area contributed by atoms with Crippen molar-refractivity contribution in [1.29, 1.82) is 0 Å². The third-order valence-corrected chi connectivity index (χ3v) is 2.40. The van der Waals surface area contributed by atoms with Gasteiger partial charge in [-0.15, -0.1) is 0 Å². The fourth-order valence-electron chi connectivity index (χ4n) is 1.69. The first kappa shape index (κ1) is 9.65. The first-order chi connectivity index (χ1) is 7.24. The number of pyridine rings is 1. The molecular weight excluding hydrogens is 190 g/mol. The van der Waals surface area contributed by atoms with E-state index in [1.807, 2.05) is 25.1 Å². The number of nitrogens with zero attached hydrogens (tertiary/aromatic N) is 1. The van der Waals surface area contributed by atoms with E-state index in [1.165, 1.54) is 7.11 Å². The van der Waals surface area contributed by atoms with Crippen molar-refractivity contribution in [3.8, 4) is 0 Å². The molecule has 3 heteroatoms. The fourth-order valence-corrected chi connectivity index (χ4v) is 1.69. The molecule has 0 aliphatic carbocycles. The molecular formula is C12H11NO2. The summed E-state index contributed by atoms with van der Waals surface area (Å²) in [5.74, 6) is -0.345. The van der Waals surface area contributed by atoms with Crippen molar-refractivity contribution in [3.05, 3.63) is 41.7 Å². The summed E-state index contributed by atoms with van der Waals surface area (Å²) in [4.78, 5) is 15.5. The second-order valence-electron chi connectivity index (χ2n) is 3.35. The van der Waals surface area contributed by atoms with Gasteiger partial charge in [-0.25, -0.2) is 4.79 Å². The molecule has 3 nitrogen and oxygen atoms in total. The minimum atomic E-state index is -0.345. The monoisotopic (exact) mass is 201 g/mol. The summed E-state index contributed by atoms with van der Waals surface area (Å²) in [6, 6.07) is 5.84. The Morgan fingerprint density at radius 3 is 2.87 bits per heavy atom. The predicted octanol–water partition coefficient (Wildman–Crippen LogP) is 2.33. The topological polar surface area (TPSA) is 39.2 Å². The van der Waals surface area contributed by atoms with Crippen LogP contribution in [0.25, 0.3) is 10.8 Å². The summed E-state index contributed by atoms with van der Waals surface area (Å²) in [5.41, 5.74) is 1.57. The highest BCUT2D eigenvalue weighted by atomic mass is 16.5. The van der Waals surface area contributed by atoms with Crippen LogP contribution in [0.5, 0.6) is 0 Å². The Bertz CT molecular complexity index is 515. The van der Waals surface area contributed by atoms with E-state index >= 15 is 0 Å². The average Bonchev–Trinajstić information content (AvgIpc) is 2.28. The second kappa shape index (κ2) is 3.69. The highest BCUT2D eigenvalue weighted by Gasteiger charge is 2.11. The number of methoxy groups -OCH3 is 1. The number of carbonyl (C=O) groups excluding carboxylic acids is 1. The van der Waals surface area contributed by atoms with E-state index in [9.17, 15) is 4.79 Å². The molecule has 0 spiro atoms. The van der Waals surface area contributed by atoms with E-state index in [0.717, 1.165) is 16.3 Å². The van der Waals surface area contributed by atoms with Gasteiger partial charge >= 0.3 is 5.97 Å². The van der Waals surface area contributed by atoms with Crippen LogP contribution in [0.4, 0.5) is 0 Å². The lowest BCUT2D eigenvalue weighted by molar-refractivity contribution is 0.0602. The molecule has 0 unspecified atom stereocenters. The van der Waals surface area contributed by atoms with Gasteiger partial charge in [-0.1, -0.05) is 18.2 Å². The van der Waals surface area contributed by atoms with Gasteiger partial charge in [0.25, 0.3) is 0 Å². The number of carbonyl (C=O) groups is 1. The second-order valence-corrected chi connectivity index (χ2v) is 3.35. The minimum absolute atomic E-state index is 0.345. The summed E-state index contributed by atoms with van der Waals surface area (Å²) >= 11 is 0. The van der Waals surface area contributed by atoms with Crippen LogP contribution in [-0.2, 0) is 4.74 Å². The van der Waals surface area contributed by atoms with Crippen molar-refractivity contribution in [2.45, 2.75) is 6.92 Å². The standard InChI is InChI=1S/C12H11NO2/c1-8-4-3-5-9-6-13-7-10(11(8)9)12(14)15-2/h3-7H,1-2H3. The first-order valence-electron chi connectivity index (χ1n) is 4.65. The number of aryl methyl sites for hydroxylation is 1. The zero-order valence-corrected chi connectivity index (χ0v) is 8.65. The van der Waals surface area contributed by atoms with Crippen molar-refractivity contribution >= 4 is 16.7 Å². The number of hydrogen-bond donors (Lipinski definition) is 0. The molecule has 0 N–H and O–H groups in total. The number of hydrogen-bond acceptors (Lipinski definition) is 3. The Hall–Kier alpha value is -1.90. The number of aromatic nitrogens is 1.